The molecule has 2 atom stereocenters. The Balaban J connectivity index is 1.98. The number of anilines is 1. The second-order valence-electron chi connectivity index (χ2n) is 5.25. The number of nitrogens with one attached hydrogen (secondary N) is 1. The first kappa shape index (κ1) is 15.9. The molecular weight excluding hydrogens is 286 g/mol. The molecule has 3 N–H and O–H groups in total. The van der Waals surface area contributed by atoms with Crippen molar-refractivity contribution in [2.45, 2.75) is 25.5 Å². The Morgan fingerprint density at radius 2 is 2.33 bits per heavy atom. The lowest BCUT2D eigenvalue weighted by atomic mass is 10.2. The maximum Gasteiger partial charge on any atom is 0.241 e. The number of benzene rings is 1. The molecular formula is C15H21N3O2S. The third-order valence-corrected chi connectivity index (χ3v) is 4.09. The van der Waals surface area contributed by atoms with Gasteiger partial charge in [-0.1, -0.05) is 24.4 Å². The van der Waals surface area contributed by atoms with Gasteiger partial charge in [0.15, 0.2) is 0 Å². The molecule has 1 heterocycles. The average Bonchev–Trinajstić information content (AvgIpc) is 2.95. The van der Waals surface area contributed by atoms with Crippen molar-refractivity contribution in [2.75, 3.05) is 25.5 Å². The fraction of sp³-hybridized carbons (Fsp3) is 0.467. The van der Waals surface area contributed by atoms with Gasteiger partial charge in [-0.2, -0.15) is 0 Å². The molecule has 1 aromatic rings. The van der Waals surface area contributed by atoms with Crippen molar-refractivity contribution in [2.24, 2.45) is 5.73 Å². The highest BCUT2D eigenvalue weighted by molar-refractivity contribution is 7.80. The summed E-state index contributed by atoms with van der Waals surface area (Å²) in [6, 6.07) is 7.07. The summed E-state index contributed by atoms with van der Waals surface area (Å²) >= 11 is 4.94. The molecule has 0 aliphatic carbocycles. The summed E-state index contributed by atoms with van der Waals surface area (Å²) in [5, 5.41) is 2.91. The molecule has 1 amide bonds. The van der Waals surface area contributed by atoms with Gasteiger partial charge >= 0.3 is 0 Å². The van der Waals surface area contributed by atoms with Gasteiger partial charge in [0.1, 0.15) is 4.99 Å². The summed E-state index contributed by atoms with van der Waals surface area (Å²) < 4.78 is 5.33. The first-order valence-corrected chi connectivity index (χ1v) is 7.39. The molecule has 21 heavy (non-hydrogen) atoms. The van der Waals surface area contributed by atoms with Crippen LogP contribution in [0.4, 0.5) is 5.69 Å². The molecule has 2 unspecified atom stereocenters. The maximum absolute atomic E-state index is 12.3. The molecule has 1 aliphatic heterocycles. The van der Waals surface area contributed by atoms with Crippen LogP contribution in [-0.4, -0.2) is 48.1 Å². The smallest absolute Gasteiger partial charge is 0.241 e. The molecule has 5 nitrogen and oxygen atoms in total. The van der Waals surface area contributed by atoms with E-state index < -0.39 is 0 Å². The highest BCUT2D eigenvalue weighted by Crippen LogP contribution is 2.17. The first-order valence-electron chi connectivity index (χ1n) is 6.99. The Morgan fingerprint density at radius 3 is 2.95 bits per heavy atom. The van der Waals surface area contributed by atoms with Crippen molar-refractivity contribution >= 4 is 28.8 Å². The zero-order valence-corrected chi connectivity index (χ0v) is 13.2. The fourth-order valence-electron chi connectivity index (χ4n) is 2.46. The molecule has 0 spiro atoms. The van der Waals surface area contributed by atoms with Gasteiger partial charge in [0.05, 0.1) is 12.1 Å². The molecule has 0 saturated carbocycles. The van der Waals surface area contributed by atoms with Crippen LogP contribution in [0.1, 0.15) is 18.9 Å². The minimum absolute atomic E-state index is 0.0353. The lowest BCUT2D eigenvalue weighted by Crippen LogP contribution is -2.41. The summed E-state index contributed by atoms with van der Waals surface area (Å²) in [7, 11) is 1.71. The standard InChI is InChI=1S/C15H21N3O2S/c1-10(18-7-6-13(9-18)20-2)15(19)17-12-5-3-4-11(8-12)14(16)21/h3-5,8,10,13H,6-7,9H2,1-2H3,(H2,16,21)(H,17,19). The van der Waals surface area contributed by atoms with E-state index in [1.54, 1.807) is 13.2 Å². The van der Waals surface area contributed by atoms with E-state index in [4.69, 9.17) is 22.7 Å². The van der Waals surface area contributed by atoms with Gasteiger partial charge in [-0.15, -0.1) is 0 Å². The molecule has 114 valence electrons. The number of hydrogen-bond acceptors (Lipinski definition) is 4. The van der Waals surface area contributed by atoms with Gasteiger partial charge in [0.2, 0.25) is 5.91 Å². The van der Waals surface area contributed by atoms with E-state index in [0.717, 1.165) is 25.1 Å². The number of nitrogens with two attached hydrogens (primary N) is 1. The summed E-state index contributed by atoms with van der Waals surface area (Å²) in [5.74, 6) is -0.0353. The predicted molar refractivity (Wildman–Crippen MR) is 87.4 cm³/mol. The van der Waals surface area contributed by atoms with E-state index in [1.807, 2.05) is 25.1 Å². The van der Waals surface area contributed by atoms with Crippen molar-refractivity contribution in [1.29, 1.82) is 0 Å². The van der Waals surface area contributed by atoms with Crippen molar-refractivity contribution < 1.29 is 9.53 Å². The van der Waals surface area contributed by atoms with E-state index in [2.05, 4.69) is 10.2 Å². The quantitative estimate of drug-likeness (QED) is 0.804. The monoisotopic (exact) mass is 307 g/mol. The molecule has 0 bridgehead atoms. The zero-order valence-electron chi connectivity index (χ0n) is 12.3. The highest BCUT2D eigenvalue weighted by Gasteiger charge is 2.29. The second kappa shape index (κ2) is 6.98. The first-order chi connectivity index (χ1) is 10.0. The number of ether oxygens (including phenoxy) is 1. The summed E-state index contributed by atoms with van der Waals surface area (Å²) in [6.45, 7) is 3.57. The number of likely N-dealkylation sites (tertiary alicyclic amines) is 1. The topological polar surface area (TPSA) is 67.6 Å². The molecule has 1 aliphatic rings. The predicted octanol–water partition coefficient (Wildman–Crippen LogP) is 1.37. The molecule has 0 aromatic heterocycles. The fourth-order valence-corrected chi connectivity index (χ4v) is 2.59. The summed E-state index contributed by atoms with van der Waals surface area (Å²) in [4.78, 5) is 14.8. The largest absolute Gasteiger partial charge is 0.389 e. The van der Waals surface area contributed by atoms with Crippen LogP contribution in [0.25, 0.3) is 0 Å². The van der Waals surface area contributed by atoms with Crippen molar-refractivity contribution in [1.82, 2.24) is 4.90 Å². The van der Waals surface area contributed by atoms with E-state index in [-0.39, 0.29) is 18.1 Å². The number of methoxy groups -OCH3 is 1. The maximum atomic E-state index is 12.3. The van der Waals surface area contributed by atoms with Crippen LogP contribution < -0.4 is 11.1 Å². The van der Waals surface area contributed by atoms with Gasteiger partial charge in [-0.05, 0) is 25.5 Å². The van der Waals surface area contributed by atoms with E-state index >= 15 is 0 Å². The number of carbonyl (C=O) groups is 1. The zero-order chi connectivity index (χ0) is 15.4. The van der Waals surface area contributed by atoms with E-state index in [1.165, 1.54) is 0 Å². The molecule has 1 saturated heterocycles. The Labute approximate surface area is 130 Å². The third kappa shape index (κ3) is 4.00. The van der Waals surface area contributed by atoms with E-state index in [9.17, 15) is 4.79 Å². The van der Waals surface area contributed by atoms with Crippen molar-refractivity contribution in [3.8, 4) is 0 Å². The van der Waals surface area contributed by atoms with Gasteiger partial charge in [-0.25, -0.2) is 0 Å². The van der Waals surface area contributed by atoms with Crippen LogP contribution in [0.15, 0.2) is 24.3 Å². The van der Waals surface area contributed by atoms with Crippen LogP contribution in [0, 0.1) is 0 Å². The van der Waals surface area contributed by atoms with Gasteiger partial charge < -0.3 is 15.8 Å². The van der Waals surface area contributed by atoms with Crippen molar-refractivity contribution in [3.05, 3.63) is 29.8 Å². The van der Waals surface area contributed by atoms with Gasteiger partial charge in [0.25, 0.3) is 0 Å². The molecule has 0 radical (unpaired) electrons. The number of amides is 1. The van der Waals surface area contributed by atoms with Gasteiger partial charge in [0, 0.05) is 31.5 Å². The number of rotatable bonds is 5. The molecule has 6 heteroatoms. The van der Waals surface area contributed by atoms with Crippen LogP contribution in [0.2, 0.25) is 0 Å². The van der Waals surface area contributed by atoms with Gasteiger partial charge in [-0.3, -0.25) is 9.69 Å². The lowest BCUT2D eigenvalue weighted by Gasteiger charge is -2.23. The summed E-state index contributed by atoms with van der Waals surface area (Å²) in [5.41, 5.74) is 7.05. The SMILES string of the molecule is COC1CCN(C(C)C(=O)Nc2cccc(C(N)=S)c2)C1. The van der Waals surface area contributed by atoms with Crippen LogP contribution in [0.3, 0.4) is 0 Å². The summed E-state index contributed by atoms with van der Waals surface area (Å²) in [6.07, 6.45) is 1.18. The Hall–Kier alpha value is -1.50. The lowest BCUT2D eigenvalue weighted by molar-refractivity contribution is -0.120. The third-order valence-electron chi connectivity index (χ3n) is 3.85. The highest BCUT2D eigenvalue weighted by atomic mass is 32.1. The second-order valence-corrected chi connectivity index (χ2v) is 5.69. The minimum atomic E-state index is -0.196. The molecule has 2 rings (SSSR count). The molecule has 1 fully saturated rings. The number of hydrogen-bond donors (Lipinski definition) is 2. The number of carbonyl (C=O) groups excluding carboxylic acids is 1. The van der Waals surface area contributed by atoms with Crippen LogP contribution in [0.5, 0.6) is 0 Å². The normalized spacial score (nSPS) is 20.2. The average molecular weight is 307 g/mol. The minimum Gasteiger partial charge on any atom is -0.389 e. The van der Waals surface area contributed by atoms with Crippen molar-refractivity contribution in [3.63, 3.8) is 0 Å². The number of nitrogens with zero attached hydrogens (tertiary/aromatic N) is 1. The Morgan fingerprint density at radius 1 is 1.57 bits per heavy atom. The van der Waals surface area contributed by atoms with Crippen LogP contribution in [-0.2, 0) is 9.53 Å². The Bertz CT molecular complexity index is 535. The van der Waals surface area contributed by atoms with Crippen LogP contribution >= 0.6 is 12.2 Å². The Kier molecular flexibility index (Phi) is 5.27. The van der Waals surface area contributed by atoms with E-state index in [0.29, 0.717) is 10.7 Å². The number of thiocarbonyl (C=S) groups is 1. The molecule has 1 aromatic carbocycles.